The number of benzene rings is 1. The SMILES string of the molecule is C=CCO[C@H]1CC[C@@]2(C)[C@H](CC[C@@H]3[C@@H]2CC[C@]2(C)[C@@](O)(c4ccccc4)CC[C@]32O)C1. The number of aliphatic hydroxyl groups is 2. The standard InChI is InChI=1S/C28H40O3/c1-4-18-31-22-12-14-25(2)21(19-22)10-11-24-23(25)13-15-26(3)27(29,16-17-28(24,26)30)20-8-6-5-7-9-20/h4-9,21-24,29-30H,1,10-19H2,2-3H3/t21-,22+,23+,24-,25+,26-,27+,28+/m1/s1. The van der Waals surface area contributed by atoms with Gasteiger partial charge in [0.05, 0.1) is 23.9 Å². The van der Waals surface area contributed by atoms with Crippen molar-refractivity contribution in [3.63, 3.8) is 0 Å². The van der Waals surface area contributed by atoms with Crippen molar-refractivity contribution in [3.8, 4) is 0 Å². The Hall–Kier alpha value is -1.16. The molecule has 3 nitrogen and oxygen atoms in total. The molecular weight excluding hydrogens is 384 g/mol. The van der Waals surface area contributed by atoms with Gasteiger partial charge in [0.1, 0.15) is 0 Å². The molecule has 4 fully saturated rings. The highest BCUT2D eigenvalue weighted by molar-refractivity contribution is 5.32. The molecule has 0 amide bonds. The van der Waals surface area contributed by atoms with Gasteiger partial charge in [0.25, 0.3) is 0 Å². The van der Waals surface area contributed by atoms with Crippen molar-refractivity contribution < 1.29 is 14.9 Å². The first kappa shape index (κ1) is 21.7. The Morgan fingerprint density at radius 2 is 1.74 bits per heavy atom. The summed E-state index contributed by atoms with van der Waals surface area (Å²) >= 11 is 0. The van der Waals surface area contributed by atoms with Gasteiger partial charge < -0.3 is 14.9 Å². The van der Waals surface area contributed by atoms with Crippen LogP contribution in [0.15, 0.2) is 43.0 Å². The number of hydrogen-bond acceptors (Lipinski definition) is 3. The first-order valence-electron chi connectivity index (χ1n) is 12.5. The molecule has 5 rings (SSSR count). The Balaban J connectivity index is 1.43. The van der Waals surface area contributed by atoms with Crippen molar-refractivity contribution in [2.45, 2.75) is 88.9 Å². The molecular formula is C28H40O3. The monoisotopic (exact) mass is 424 g/mol. The fourth-order valence-corrected chi connectivity index (χ4v) is 8.74. The van der Waals surface area contributed by atoms with Crippen molar-refractivity contribution in [2.75, 3.05) is 6.61 Å². The van der Waals surface area contributed by atoms with Crippen molar-refractivity contribution in [2.24, 2.45) is 28.6 Å². The van der Waals surface area contributed by atoms with E-state index in [-0.39, 0.29) is 11.3 Å². The Labute approximate surface area is 187 Å². The van der Waals surface area contributed by atoms with E-state index in [1.165, 1.54) is 12.8 Å². The fraction of sp³-hybridized carbons (Fsp3) is 0.714. The third-order valence-corrected chi connectivity index (χ3v) is 10.7. The summed E-state index contributed by atoms with van der Waals surface area (Å²) in [5, 5.41) is 24.3. The number of fused-ring (bicyclic) bond motifs is 5. The van der Waals surface area contributed by atoms with E-state index in [0.717, 1.165) is 37.7 Å². The Bertz CT molecular complexity index is 823. The molecule has 170 valence electrons. The van der Waals surface area contributed by atoms with E-state index in [2.05, 4.69) is 20.4 Å². The molecule has 0 heterocycles. The summed E-state index contributed by atoms with van der Waals surface area (Å²) in [6, 6.07) is 10.1. The average Bonchev–Trinajstić information content (AvgIpc) is 3.00. The zero-order valence-electron chi connectivity index (χ0n) is 19.4. The Kier molecular flexibility index (Phi) is 5.20. The van der Waals surface area contributed by atoms with Crippen LogP contribution in [-0.2, 0) is 10.3 Å². The van der Waals surface area contributed by atoms with E-state index >= 15 is 0 Å². The first-order valence-corrected chi connectivity index (χ1v) is 12.5. The maximum Gasteiger partial charge on any atom is 0.0978 e. The predicted octanol–water partition coefficient (Wildman–Crippen LogP) is 5.60. The second-order valence-electron chi connectivity index (χ2n) is 11.5. The molecule has 0 spiro atoms. The van der Waals surface area contributed by atoms with Crippen LogP contribution in [0, 0.1) is 28.6 Å². The predicted molar refractivity (Wildman–Crippen MR) is 123 cm³/mol. The van der Waals surface area contributed by atoms with Crippen molar-refractivity contribution in [1.29, 1.82) is 0 Å². The molecule has 0 bridgehead atoms. The molecule has 0 unspecified atom stereocenters. The van der Waals surface area contributed by atoms with E-state index in [4.69, 9.17) is 4.74 Å². The van der Waals surface area contributed by atoms with Crippen LogP contribution in [0.5, 0.6) is 0 Å². The molecule has 0 aliphatic heterocycles. The first-order chi connectivity index (χ1) is 14.8. The quantitative estimate of drug-likeness (QED) is 0.618. The van der Waals surface area contributed by atoms with Gasteiger partial charge >= 0.3 is 0 Å². The van der Waals surface area contributed by atoms with Crippen LogP contribution >= 0.6 is 0 Å². The molecule has 4 aliphatic carbocycles. The zero-order chi connectivity index (χ0) is 21.9. The molecule has 4 aliphatic rings. The third-order valence-electron chi connectivity index (χ3n) is 10.7. The van der Waals surface area contributed by atoms with Gasteiger partial charge in [0.15, 0.2) is 0 Å². The van der Waals surface area contributed by atoms with Crippen LogP contribution in [-0.4, -0.2) is 28.5 Å². The lowest BCUT2D eigenvalue weighted by atomic mass is 9.43. The van der Waals surface area contributed by atoms with E-state index in [1.807, 2.05) is 36.4 Å². The second-order valence-corrected chi connectivity index (χ2v) is 11.5. The number of hydrogen-bond donors (Lipinski definition) is 2. The van der Waals surface area contributed by atoms with Gasteiger partial charge in [0, 0.05) is 5.41 Å². The highest BCUT2D eigenvalue weighted by Gasteiger charge is 2.71. The van der Waals surface area contributed by atoms with E-state index in [1.54, 1.807) is 0 Å². The maximum atomic E-state index is 12.3. The van der Waals surface area contributed by atoms with Crippen LogP contribution in [0.1, 0.15) is 77.2 Å². The average molecular weight is 425 g/mol. The van der Waals surface area contributed by atoms with Gasteiger partial charge in [-0.25, -0.2) is 0 Å². The zero-order valence-corrected chi connectivity index (χ0v) is 19.4. The summed E-state index contributed by atoms with van der Waals surface area (Å²) in [6.45, 7) is 9.13. The fourth-order valence-electron chi connectivity index (χ4n) is 8.74. The van der Waals surface area contributed by atoms with Gasteiger partial charge in [-0.3, -0.25) is 0 Å². The lowest BCUT2D eigenvalue weighted by molar-refractivity contribution is -0.239. The molecule has 1 aromatic carbocycles. The molecule has 4 saturated carbocycles. The number of ether oxygens (including phenoxy) is 1. The molecule has 0 radical (unpaired) electrons. The van der Waals surface area contributed by atoms with Crippen LogP contribution in [0.3, 0.4) is 0 Å². The molecule has 2 N–H and O–H groups in total. The summed E-state index contributed by atoms with van der Waals surface area (Å²) in [7, 11) is 0. The van der Waals surface area contributed by atoms with Gasteiger partial charge in [-0.15, -0.1) is 6.58 Å². The molecule has 0 saturated heterocycles. The van der Waals surface area contributed by atoms with Gasteiger partial charge in [-0.05, 0) is 86.5 Å². The minimum atomic E-state index is -0.943. The topological polar surface area (TPSA) is 49.7 Å². The van der Waals surface area contributed by atoms with Crippen molar-refractivity contribution in [3.05, 3.63) is 48.6 Å². The van der Waals surface area contributed by atoms with E-state index in [9.17, 15) is 10.2 Å². The number of rotatable bonds is 4. The van der Waals surface area contributed by atoms with Crippen LogP contribution < -0.4 is 0 Å². The minimum Gasteiger partial charge on any atom is -0.389 e. The molecule has 3 heteroatoms. The normalized spacial score (nSPS) is 49.0. The molecule has 8 atom stereocenters. The van der Waals surface area contributed by atoms with Crippen molar-refractivity contribution in [1.82, 2.24) is 0 Å². The van der Waals surface area contributed by atoms with E-state index in [0.29, 0.717) is 37.4 Å². The highest BCUT2D eigenvalue weighted by Crippen LogP contribution is 2.71. The summed E-state index contributed by atoms with van der Waals surface area (Å²) in [5.41, 5.74) is -0.962. The summed E-state index contributed by atoms with van der Waals surface area (Å²) in [6.07, 6.45) is 11.3. The molecule has 0 aromatic heterocycles. The van der Waals surface area contributed by atoms with Gasteiger partial charge in [-0.1, -0.05) is 50.3 Å². The van der Waals surface area contributed by atoms with Crippen LogP contribution in [0.2, 0.25) is 0 Å². The summed E-state index contributed by atoms with van der Waals surface area (Å²) in [5.74, 6) is 1.51. The molecule has 31 heavy (non-hydrogen) atoms. The molecule has 1 aromatic rings. The lowest BCUT2D eigenvalue weighted by Gasteiger charge is -2.64. The van der Waals surface area contributed by atoms with Gasteiger partial charge in [-0.2, -0.15) is 0 Å². The lowest BCUT2D eigenvalue weighted by Crippen LogP contribution is -2.64. The Morgan fingerprint density at radius 3 is 2.48 bits per heavy atom. The minimum absolute atomic E-state index is 0.279. The van der Waals surface area contributed by atoms with Gasteiger partial charge in [0.2, 0.25) is 0 Å². The van der Waals surface area contributed by atoms with Crippen LogP contribution in [0.25, 0.3) is 0 Å². The van der Waals surface area contributed by atoms with Crippen LogP contribution in [0.4, 0.5) is 0 Å². The van der Waals surface area contributed by atoms with Crippen molar-refractivity contribution >= 4 is 0 Å². The van der Waals surface area contributed by atoms with E-state index < -0.39 is 16.6 Å². The maximum absolute atomic E-state index is 12.3. The Morgan fingerprint density at radius 1 is 0.968 bits per heavy atom. The second kappa shape index (κ2) is 7.43. The largest absolute Gasteiger partial charge is 0.389 e. The summed E-state index contributed by atoms with van der Waals surface area (Å²) in [4.78, 5) is 0. The summed E-state index contributed by atoms with van der Waals surface area (Å²) < 4.78 is 6.04. The highest BCUT2D eigenvalue weighted by atomic mass is 16.5. The third kappa shape index (κ3) is 2.89. The smallest absolute Gasteiger partial charge is 0.0978 e.